The Bertz CT molecular complexity index is 548. The van der Waals surface area contributed by atoms with Crippen molar-refractivity contribution in [3.63, 3.8) is 0 Å². The van der Waals surface area contributed by atoms with E-state index in [-0.39, 0.29) is 18.5 Å². The Morgan fingerprint density at radius 3 is 2.43 bits per heavy atom. The minimum absolute atomic E-state index is 0.0343. The van der Waals surface area contributed by atoms with Gasteiger partial charge >= 0.3 is 6.16 Å². The second-order valence-corrected chi connectivity index (χ2v) is 6.99. The molecule has 0 radical (unpaired) electrons. The predicted octanol–water partition coefficient (Wildman–Crippen LogP) is 3.11. The van der Waals surface area contributed by atoms with Crippen molar-refractivity contribution in [2.45, 2.75) is 44.6 Å². The maximum absolute atomic E-state index is 12.1. The van der Waals surface area contributed by atoms with E-state index in [0.29, 0.717) is 17.7 Å². The lowest BCUT2D eigenvalue weighted by molar-refractivity contribution is 0.0296. The number of benzene rings is 1. The molecule has 21 heavy (non-hydrogen) atoms. The van der Waals surface area contributed by atoms with Crippen LogP contribution in [0.4, 0.5) is 4.79 Å². The van der Waals surface area contributed by atoms with E-state index in [2.05, 4.69) is 4.74 Å². The van der Waals surface area contributed by atoms with Crippen LogP contribution in [0.5, 0.6) is 0 Å². The SMILES string of the molecule is CCOC(=O)O[C@@H](C)CCCS(=O)(=O)c1ccc(C)cc1. The molecular formula is C15H22O5S. The molecule has 1 atom stereocenters. The van der Waals surface area contributed by atoms with Gasteiger partial charge in [0.1, 0.15) is 6.10 Å². The second-order valence-electron chi connectivity index (χ2n) is 4.89. The molecule has 1 aromatic carbocycles. The fraction of sp³-hybridized carbons (Fsp3) is 0.533. The average molecular weight is 314 g/mol. The highest BCUT2D eigenvalue weighted by molar-refractivity contribution is 7.91. The minimum Gasteiger partial charge on any atom is -0.435 e. The summed E-state index contributed by atoms with van der Waals surface area (Å²) in [6.45, 7) is 5.58. The molecule has 0 fully saturated rings. The summed E-state index contributed by atoms with van der Waals surface area (Å²) in [7, 11) is -3.28. The van der Waals surface area contributed by atoms with Crippen LogP contribution in [0.1, 0.15) is 32.3 Å². The lowest BCUT2D eigenvalue weighted by Gasteiger charge is -2.12. The van der Waals surface area contributed by atoms with E-state index >= 15 is 0 Å². The fourth-order valence-corrected chi connectivity index (χ4v) is 3.13. The summed E-state index contributed by atoms with van der Waals surface area (Å²) in [5, 5.41) is 0. The highest BCUT2D eigenvalue weighted by Gasteiger charge is 2.16. The normalized spacial score (nSPS) is 12.7. The number of aryl methyl sites for hydroxylation is 1. The Morgan fingerprint density at radius 2 is 1.86 bits per heavy atom. The number of carbonyl (C=O) groups excluding carboxylic acids is 1. The van der Waals surface area contributed by atoms with Gasteiger partial charge in [0.2, 0.25) is 0 Å². The number of carbonyl (C=O) groups is 1. The number of ether oxygens (including phenoxy) is 2. The molecule has 1 aromatic rings. The largest absolute Gasteiger partial charge is 0.508 e. The molecule has 0 saturated heterocycles. The number of hydrogen-bond donors (Lipinski definition) is 0. The van der Waals surface area contributed by atoms with Gasteiger partial charge in [-0.2, -0.15) is 0 Å². The first-order valence-corrected chi connectivity index (χ1v) is 8.63. The zero-order valence-electron chi connectivity index (χ0n) is 12.7. The van der Waals surface area contributed by atoms with Gasteiger partial charge in [0.05, 0.1) is 17.3 Å². The Morgan fingerprint density at radius 1 is 1.24 bits per heavy atom. The van der Waals surface area contributed by atoms with Gasteiger partial charge in [0.15, 0.2) is 9.84 Å². The maximum Gasteiger partial charge on any atom is 0.508 e. The Hall–Kier alpha value is -1.56. The average Bonchev–Trinajstić information content (AvgIpc) is 2.39. The quantitative estimate of drug-likeness (QED) is 0.723. The first-order valence-electron chi connectivity index (χ1n) is 6.98. The van der Waals surface area contributed by atoms with Crippen LogP contribution in [0.2, 0.25) is 0 Å². The van der Waals surface area contributed by atoms with E-state index in [1.165, 1.54) is 0 Å². The van der Waals surface area contributed by atoms with E-state index in [0.717, 1.165) is 5.56 Å². The second kappa shape index (κ2) is 8.02. The van der Waals surface area contributed by atoms with Crippen LogP contribution in [-0.4, -0.2) is 33.0 Å². The van der Waals surface area contributed by atoms with Crippen molar-refractivity contribution in [2.24, 2.45) is 0 Å². The van der Waals surface area contributed by atoms with Crippen LogP contribution in [0, 0.1) is 6.92 Å². The van der Waals surface area contributed by atoms with Crippen LogP contribution < -0.4 is 0 Å². The van der Waals surface area contributed by atoms with E-state index in [9.17, 15) is 13.2 Å². The van der Waals surface area contributed by atoms with Crippen LogP contribution in [-0.2, 0) is 19.3 Å². The van der Waals surface area contributed by atoms with Crippen molar-refractivity contribution in [1.82, 2.24) is 0 Å². The van der Waals surface area contributed by atoms with Crippen LogP contribution in [0.3, 0.4) is 0 Å². The third-order valence-corrected chi connectivity index (χ3v) is 4.78. The van der Waals surface area contributed by atoms with Crippen molar-refractivity contribution in [3.05, 3.63) is 29.8 Å². The van der Waals surface area contributed by atoms with Gasteiger partial charge < -0.3 is 9.47 Å². The van der Waals surface area contributed by atoms with Gasteiger partial charge in [0, 0.05) is 0 Å². The molecule has 118 valence electrons. The summed E-state index contributed by atoms with van der Waals surface area (Å²) >= 11 is 0. The van der Waals surface area contributed by atoms with Gasteiger partial charge in [-0.1, -0.05) is 17.7 Å². The van der Waals surface area contributed by atoms with Crippen molar-refractivity contribution in [2.75, 3.05) is 12.4 Å². The van der Waals surface area contributed by atoms with Crippen molar-refractivity contribution in [1.29, 1.82) is 0 Å². The highest BCUT2D eigenvalue weighted by atomic mass is 32.2. The van der Waals surface area contributed by atoms with Crippen LogP contribution in [0.15, 0.2) is 29.2 Å². The zero-order chi connectivity index (χ0) is 15.9. The molecule has 0 heterocycles. The van der Waals surface area contributed by atoms with Gasteiger partial charge in [-0.15, -0.1) is 0 Å². The Kier molecular flexibility index (Phi) is 6.68. The summed E-state index contributed by atoms with van der Waals surface area (Å²) in [6, 6.07) is 6.78. The Labute approximate surface area is 126 Å². The van der Waals surface area contributed by atoms with Gasteiger partial charge in [-0.05, 0) is 45.7 Å². The monoisotopic (exact) mass is 314 g/mol. The molecule has 6 heteroatoms. The summed E-state index contributed by atoms with van der Waals surface area (Å²) in [5.74, 6) is 0.0343. The van der Waals surface area contributed by atoms with Gasteiger partial charge in [0.25, 0.3) is 0 Å². The molecule has 0 N–H and O–H groups in total. The number of rotatable bonds is 7. The maximum atomic E-state index is 12.1. The lowest BCUT2D eigenvalue weighted by atomic mass is 10.2. The number of hydrogen-bond acceptors (Lipinski definition) is 5. The molecule has 1 rings (SSSR count). The molecule has 0 aliphatic heterocycles. The van der Waals surface area contributed by atoms with Gasteiger partial charge in [-0.25, -0.2) is 13.2 Å². The molecule has 0 amide bonds. The topological polar surface area (TPSA) is 69.7 Å². The van der Waals surface area contributed by atoms with Crippen LogP contribution >= 0.6 is 0 Å². The minimum atomic E-state index is -3.28. The summed E-state index contributed by atoms with van der Waals surface area (Å²) in [4.78, 5) is 11.4. The Balaban J connectivity index is 2.44. The van der Waals surface area contributed by atoms with E-state index < -0.39 is 16.0 Å². The smallest absolute Gasteiger partial charge is 0.435 e. The van der Waals surface area contributed by atoms with Gasteiger partial charge in [-0.3, -0.25) is 0 Å². The molecule has 0 saturated carbocycles. The fourth-order valence-electron chi connectivity index (χ4n) is 1.80. The van der Waals surface area contributed by atoms with Crippen molar-refractivity contribution >= 4 is 16.0 Å². The molecule has 0 bridgehead atoms. The third-order valence-electron chi connectivity index (χ3n) is 2.96. The molecule has 0 aromatic heterocycles. The first kappa shape index (κ1) is 17.5. The molecule has 0 unspecified atom stereocenters. The third kappa shape index (κ3) is 6.16. The molecule has 0 spiro atoms. The zero-order valence-corrected chi connectivity index (χ0v) is 13.5. The van der Waals surface area contributed by atoms with E-state index in [1.807, 2.05) is 6.92 Å². The number of sulfone groups is 1. The summed E-state index contributed by atoms with van der Waals surface area (Å²) in [5.41, 5.74) is 1.02. The standard InChI is InChI=1S/C15H22O5S/c1-4-19-15(16)20-13(3)6-5-11-21(17,18)14-9-7-12(2)8-10-14/h7-10,13H,4-6,11H2,1-3H3/t13-/m0/s1. The lowest BCUT2D eigenvalue weighted by Crippen LogP contribution is -2.17. The first-order chi connectivity index (χ1) is 9.85. The molecule has 0 aliphatic rings. The summed E-state index contributed by atoms with van der Waals surface area (Å²) in [6.07, 6.45) is -0.176. The van der Waals surface area contributed by atoms with Crippen molar-refractivity contribution in [3.8, 4) is 0 Å². The van der Waals surface area contributed by atoms with Crippen LogP contribution in [0.25, 0.3) is 0 Å². The predicted molar refractivity (Wildman–Crippen MR) is 80.0 cm³/mol. The molecule has 5 nitrogen and oxygen atoms in total. The molecule has 0 aliphatic carbocycles. The van der Waals surface area contributed by atoms with E-state index in [1.54, 1.807) is 38.1 Å². The highest BCUT2D eigenvalue weighted by Crippen LogP contribution is 2.14. The van der Waals surface area contributed by atoms with E-state index in [4.69, 9.17) is 4.74 Å². The van der Waals surface area contributed by atoms with Crippen molar-refractivity contribution < 1.29 is 22.7 Å². The molecular weight excluding hydrogens is 292 g/mol. The summed E-state index contributed by atoms with van der Waals surface area (Å²) < 4.78 is 33.9.